The number of likely N-dealkylation sites (tertiary alicyclic amines) is 1. The fraction of sp³-hybridized carbons (Fsp3) is 0.421. The lowest BCUT2D eigenvalue weighted by atomic mass is 9.94. The predicted octanol–water partition coefficient (Wildman–Crippen LogP) is 2.02. The van der Waals surface area contributed by atoms with Crippen molar-refractivity contribution < 1.29 is 19.5 Å². The van der Waals surface area contributed by atoms with E-state index in [9.17, 15) is 9.90 Å². The Morgan fingerprint density at radius 1 is 1.36 bits per heavy atom. The molecule has 1 aliphatic rings. The molecule has 2 aromatic heterocycles. The monoisotopic (exact) mass is 421 g/mol. The van der Waals surface area contributed by atoms with Crippen LogP contribution in [0.4, 0.5) is 0 Å². The molecule has 7 nitrogen and oxygen atoms in total. The number of carbonyl (C=O) groups is 1. The Balaban J connectivity index is 1.70. The van der Waals surface area contributed by atoms with E-state index in [4.69, 9.17) is 16.3 Å². The molecule has 0 aliphatic carbocycles. The third-order valence-corrected chi connectivity index (χ3v) is 6.68. The highest BCUT2D eigenvalue weighted by atomic mass is 35.5. The number of halogens is 1. The number of hydrogen-bond acceptors (Lipinski definition) is 6. The molecule has 1 fully saturated rings. The number of piperidine rings is 1. The maximum absolute atomic E-state index is 11.9. The van der Waals surface area contributed by atoms with Gasteiger partial charge >= 0.3 is 5.97 Å². The first-order chi connectivity index (χ1) is 13.5. The minimum absolute atomic E-state index is 0.0572. The first-order valence-corrected chi connectivity index (χ1v) is 10.4. The van der Waals surface area contributed by atoms with Crippen molar-refractivity contribution in [1.29, 1.82) is 0 Å². The molecule has 1 aliphatic heterocycles. The number of quaternary nitrogens is 1. The van der Waals surface area contributed by atoms with E-state index in [0.29, 0.717) is 15.8 Å². The zero-order valence-electron chi connectivity index (χ0n) is 15.7. The van der Waals surface area contributed by atoms with Crippen LogP contribution in [0.1, 0.15) is 35.1 Å². The van der Waals surface area contributed by atoms with Gasteiger partial charge in [-0.05, 0) is 19.1 Å². The van der Waals surface area contributed by atoms with Crippen molar-refractivity contribution in [3.8, 4) is 5.88 Å². The quantitative estimate of drug-likeness (QED) is 0.630. The average molecular weight is 422 g/mol. The van der Waals surface area contributed by atoms with Gasteiger partial charge in [-0.25, -0.2) is 4.98 Å². The largest absolute Gasteiger partial charge is 0.492 e. The number of ether oxygens (including phenoxy) is 1. The molecule has 1 atom stereocenters. The second-order valence-electron chi connectivity index (χ2n) is 7.08. The molecule has 0 unspecified atom stereocenters. The highest BCUT2D eigenvalue weighted by molar-refractivity contribution is 7.17. The van der Waals surface area contributed by atoms with Gasteiger partial charge in [-0.3, -0.25) is 4.79 Å². The second kappa shape index (κ2) is 7.69. The highest BCUT2D eigenvalue weighted by Crippen LogP contribution is 2.35. The number of nitrogens with one attached hydrogen (secondary N) is 1. The third-order valence-electron chi connectivity index (χ3n) is 5.34. The van der Waals surface area contributed by atoms with Crippen molar-refractivity contribution in [2.45, 2.75) is 25.8 Å². The van der Waals surface area contributed by atoms with E-state index in [0.717, 1.165) is 36.4 Å². The van der Waals surface area contributed by atoms with E-state index in [1.165, 1.54) is 27.9 Å². The third kappa shape index (κ3) is 3.47. The minimum Gasteiger partial charge on any atom is -0.492 e. The van der Waals surface area contributed by atoms with Crippen LogP contribution in [0.3, 0.4) is 0 Å². The first kappa shape index (κ1) is 19.2. The molecule has 4 rings (SSSR count). The van der Waals surface area contributed by atoms with Crippen LogP contribution in [-0.4, -0.2) is 45.9 Å². The maximum atomic E-state index is 11.9. The first-order valence-electron chi connectivity index (χ1n) is 9.21. The van der Waals surface area contributed by atoms with Gasteiger partial charge < -0.3 is 14.7 Å². The maximum Gasteiger partial charge on any atom is 0.309 e. The van der Waals surface area contributed by atoms with Gasteiger partial charge in [-0.1, -0.05) is 35.1 Å². The van der Waals surface area contributed by atoms with E-state index in [2.05, 4.69) is 10.1 Å². The van der Waals surface area contributed by atoms with Gasteiger partial charge in [-0.15, -0.1) is 5.10 Å². The van der Waals surface area contributed by atoms with Gasteiger partial charge in [0.05, 0.1) is 26.1 Å². The normalized spacial score (nSPS) is 21.0. The number of aromatic hydroxyl groups is 1. The Bertz CT molecular complexity index is 993. The van der Waals surface area contributed by atoms with E-state index >= 15 is 0 Å². The molecule has 0 amide bonds. The number of carbonyl (C=O) groups excluding carboxylic acids is 1. The Morgan fingerprint density at radius 2 is 2.04 bits per heavy atom. The van der Waals surface area contributed by atoms with Crippen LogP contribution in [0.2, 0.25) is 5.02 Å². The van der Waals surface area contributed by atoms with Crippen molar-refractivity contribution in [2.24, 2.45) is 5.92 Å². The molecule has 1 aromatic carbocycles. The number of aromatic nitrogens is 3. The lowest BCUT2D eigenvalue weighted by molar-refractivity contribution is -0.930. The molecule has 2 N–H and O–H groups in total. The van der Waals surface area contributed by atoms with Gasteiger partial charge in [-0.2, -0.15) is 4.52 Å². The van der Waals surface area contributed by atoms with Crippen LogP contribution in [0.15, 0.2) is 24.3 Å². The molecule has 28 heavy (non-hydrogen) atoms. The molecule has 3 aromatic rings. The van der Waals surface area contributed by atoms with Crippen molar-refractivity contribution in [3.05, 3.63) is 45.6 Å². The number of fused-ring (bicyclic) bond motifs is 1. The van der Waals surface area contributed by atoms with Gasteiger partial charge in [0, 0.05) is 23.4 Å². The van der Waals surface area contributed by atoms with E-state index in [-0.39, 0.29) is 23.8 Å². The van der Waals surface area contributed by atoms with Crippen molar-refractivity contribution in [1.82, 2.24) is 14.6 Å². The molecule has 1 saturated heterocycles. The summed E-state index contributed by atoms with van der Waals surface area (Å²) in [6, 6.07) is 7.63. The smallest absolute Gasteiger partial charge is 0.309 e. The summed E-state index contributed by atoms with van der Waals surface area (Å²) in [6.45, 7) is 3.41. The van der Waals surface area contributed by atoms with Gasteiger partial charge in [0.25, 0.3) is 0 Å². The molecule has 0 spiro atoms. The predicted molar refractivity (Wildman–Crippen MR) is 106 cm³/mol. The SMILES string of the molecule is COC(=O)C1CC[NH+]([C@H](c2ccc(Cl)cc2)c2sc3nc(C)nn3c2O)CC1. The molecule has 3 heterocycles. The van der Waals surface area contributed by atoms with Crippen LogP contribution < -0.4 is 4.90 Å². The van der Waals surface area contributed by atoms with Crippen LogP contribution in [0.25, 0.3) is 4.96 Å². The fourth-order valence-corrected chi connectivity index (χ4v) is 5.26. The lowest BCUT2D eigenvalue weighted by Gasteiger charge is -2.33. The zero-order valence-corrected chi connectivity index (χ0v) is 17.3. The summed E-state index contributed by atoms with van der Waals surface area (Å²) >= 11 is 7.54. The van der Waals surface area contributed by atoms with Gasteiger partial charge in [0.2, 0.25) is 10.8 Å². The van der Waals surface area contributed by atoms with Crippen molar-refractivity contribution in [3.63, 3.8) is 0 Å². The van der Waals surface area contributed by atoms with E-state index in [1.54, 1.807) is 6.92 Å². The number of esters is 1. The standard InChI is InChI=1S/C19H21ClN4O3S/c1-11-21-19-24(22-11)17(25)16(28-19)15(12-3-5-14(20)6-4-12)23-9-7-13(8-10-23)18(26)27-2/h3-6,13,15,25H,7-10H2,1-2H3/p+1/t15-/m1/s1. The summed E-state index contributed by atoms with van der Waals surface area (Å²) in [5.41, 5.74) is 1.06. The number of thiazole rings is 1. The summed E-state index contributed by atoms with van der Waals surface area (Å²) in [7, 11) is 1.44. The summed E-state index contributed by atoms with van der Waals surface area (Å²) in [6.07, 6.45) is 1.51. The summed E-state index contributed by atoms with van der Waals surface area (Å²) in [4.78, 5) is 19.1. The second-order valence-corrected chi connectivity index (χ2v) is 8.53. The van der Waals surface area contributed by atoms with E-state index < -0.39 is 0 Å². The van der Waals surface area contributed by atoms with Crippen molar-refractivity contribution in [2.75, 3.05) is 20.2 Å². The minimum atomic E-state index is -0.140. The summed E-state index contributed by atoms with van der Waals surface area (Å²) in [5, 5.41) is 15.8. The average Bonchev–Trinajstić information content (AvgIpc) is 3.21. The van der Waals surface area contributed by atoms with Crippen LogP contribution in [0.5, 0.6) is 5.88 Å². The molecule has 0 radical (unpaired) electrons. The fourth-order valence-electron chi connectivity index (χ4n) is 3.94. The van der Waals surface area contributed by atoms with Crippen LogP contribution >= 0.6 is 22.9 Å². The van der Waals surface area contributed by atoms with Crippen molar-refractivity contribution >= 4 is 33.9 Å². The highest BCUT2D eigenvalue weighted by Gasteiger charge is 2.37. The van der Waals surface area contributed by atoms with Crippen LogP contribution in [-0.2, 0) is 9.53 Å². The molecular weight excluding hydrogens is 400 g/mol. The number of rotatable bonds is 4. The Hall–Kier alpha value is -2.16. The Morgan fingerprint density at radius 3 is 2.64 bits per heavy atom. The number of aryl methyl sites for hydroxylation is 1. The molecule has 9 heteroatoms. The molecule has 0 bridgehead atoms. The van der Waals surface area contributed by atoms with Gasteiger partial charge in [0.15, 0.2) is 6.04 Å². The Kier molecular flexibility index (Phi) is 5.27. The molecular formula is C19H22ClN4O3S+. The number of hydrogen-bond donors (Lipinski definition) is 2. The number of benzene rings is 1. The summed E-state index contributed by atoms with van der Waals surface area (Å²) < 4.78 is 6.41. The lowest BCUT2D eigenvalue weighted by Crippen LogP contribution is -3.13. The summed E-state index contributed by atoms with van der Waals surface area (Å²) in [5.74, 6) is 0.558. The topological polar surface area (TPSA) is 81.2 Å². The Labute approximate surface area is 171 Å². The number of methoxy groups -OCH3 is 1. The molecule has 0 saturated carbocycles. The van der Waals surface area contributed by atoms with Gasteiger partial charge in [0.1, 0.15) is 10.7 Å². The number of nitrogens with zero attached hydrogens (tertiary/aromatic N) is 3. The zero-order chi connectivity index (χ0) is 19.8. The van der Waals surface area contributed by atoms with E-state index in [1.807, 2.05) is 24.3 Å². The molecule has 148 valence electrons. The van der Waals surface area contributed by atoms with Crippen LogP contribution in [0, 0.1) is 12.8 Å².